The Labute approximate surface area is 180 Å². The number of halogens is 4. The highest BCUT2D eigenvalue weighted by atomic mass is 19.3. The van der Waals surface area contributed by atoms with Gasteiger partial charge in [-0.1, -0.05) is 13.0 Å². The SMILES string of the molecule is COc1c([C@H]2[C@@H](C(=O)Nc3ccnc(C(N)=O)c3)O[C@](C)(C(F)F)[C@H]2C)ccc(F)c1F. The van der Waals surface area contributed by atoms with Crippen LogP contribution in [-0.2, 0) is 9.53 Å². The highest BCUT2D eigenvalue weighted by molar-refractivity contribution is 5.97. The molecule has 172 valence electrons. The summed E-state index contributed by atoms with van der Waals surface area (Å²) >= 11 is 0. The molecule has 1 aliphatic heterocycles. The van der Waals surface area contributed by atoms with Crippen LogP contribution in [0.5, 0.6) is 5.75 Å². The third-order valence-electron chi connectivity index (χ3n) is 5.77. The van der Waals surface area contributed by atoms with Crippen molar-refractivity contribution in [3.63, 3.8) is 0 Å². The standard InChI is InChI=1S/C21H21F4N3O4/c1-9-14(11-4-5-12(22)15(23)16(11)31-3)17(32-21(9,2)20(24)25)19(30)28-10-6-7-27-13(8-10)18(26)29/h4-9,14,17,20H,1-3H3,(H2,26,29)(H,27,28,30)/t9-,14-,17-,21-/m0/s1. The first-order chi connectivity index (χ1) is 15.0. The molecule has 3 rings (SSSR count). The van der Waals surface area contributed by atoms with Gasteiger partial charge in [-0.05, 0) is 25.1 Å². The highest BCUT2D eigenvalue weighted by Gasteiger charge is 2.58. The van der Waals surface area contributed by atoms with E-state index in [0.29, 0.717) is 0 Å². The van der Waals surface area contributed by atoms with Gasteiger partial charge in [0, 0.05) is 29.3 Å². The van der Waals surface area contributed by atoms with E-state index in [1.807, 2.05) is 0 Å². The summed E-state index contributed by atoms with van der Waals surface area (Å²) in [4.78, 5) is 28.1. The van der Waals surface area contributed by atoms with Gasteiger partial charge in [-0.25, -0.2) is 13.2 Å². The second-order valence-electron chi connectivity index (χ2n) is 7.60. The van der Waals surface area contributed by atoms with Crippen molar-refractivity contribution in [2.75, 3.05) is 12.4 Å². The molecule has 2 aromatic rings. The molecule has 0 spiro atoms. The molecular formula is C21H21F4N3O4. The number of primary amides is 1. The molecular weight excluding hydrogens is 434 g/mol. The second-order valence-corrected chi connectivity index (χ2v) is 7.60. The fourth-order valence-electron chi connectivity index (χ4n) is 3.85. The van der Waals surface area contributed by atoms with E-state index in [0.717, 1.165) is 20.1 Å². The lowest BCUT2D eigenvalue weighted by Crippen LogP contribution is -2.40. The van der Waals surface area contributed by atoms with Crippen LogP contribution < -0.4 is 15.8 Å². The lowest BCUT2D eigenvalue weighted by Gasteiger charge is -2.28. The van der Waals surface area contributed by atoms with Crippen LogP contribution in [0, 0.1) is 17.6 Å². The van der Waals surface area contributed by atoms with Gasteiger partial charge in [0.05, 0.1) is 7.11 Å². The van der Waals surface area contributed by atoms with Gasteiger partial charge in [-0.2, -0.15) is 4.39 Å². The summed E-state index contributed by atoms with van der Waals surface area (Å²) < 4.78 is 66.4. The molecule has 0 bridgehead atoms. The minimum absolute atomic E-state index is 0.0102. The van der Waals surface area contributed by atoms with Crippen molar-refractivity contribution in [1.29, 1.82) is 0 Å². The Bertz CT molecular complexity index is 1050. The van der Waals surface area contributed by atoms with E-state index in [-0.39, 0.29) is 16.9 Å². The molecule has 1 aliphatic rings. The quantitative estimate of drug-likeness (QED) is 0.651. The Morgan fingerprint density at radius 2 is 1.97 bits per heavy atom. The highest BCUT2D eigenvalue weighted by Crippen LogP contribution is 2.51. The molecule has 11 heteroatoms. The maximum Gasteiger partial charge on any atom is 0.267 e. The summed E-state index contributed by atoms with van der Waals surface area (Å²) in [5.41, 5.74) is 3.13. The van der Waals surface area contributed by atoms with E-state index >= 15 is 0 Å². The number of methoxy groups -OCH3 is 1. The van der Waals surface area contributed by atoms with Gasteiger partial charge in [0.1, 0.15) is 17.4 Å². The molecule has 2 amide bonds. The number of hydrogen-bond acceptors (Lipinski definition) is 5. The fraction of sp³-hybridized carbons (Fsp3) is 0.381. The number of benzene rings is 1. The minimum atomic E-state index is -2.98. The zero-order chi connectivity index (χ0) is 23.8. The Morgan fingerprint density at radius 3 is 2.56 bits per heavy atom. The normalized spacial score (nSPS) is 25.1. The van der Waals surface area contributed by atoms with Gasteiger partial charge in [-0.3, -0.25) is 14.6 Å². The van der Waals surface area contributed by atoms with Crippen molar-refractivity contribution in [1.82, 2.24) is 4.98 Å². The minimum Gasteiger partial charge on any atom is -0.493 e. The predicted molar refractivity (Wildman–Crippen MR) is 105 cm³/mol. The van der Waals surface area contributed by atoms with Gasteiger partial charge in [0.15, 0.2) is 11.6 Å². The zero-order valence-electron chi connectivity index (χ0n) is 17.4. The van der Waals surface area contributed by atoms with Gasteiger partial charge in [0.25, 0.3) is 18.2 Å². The van der Waals surface area contributed by atoms with Crippen molar-refractivity contribution in [3.8, 4) is 5.75 Å². The molecule has 1 fully saturated rings. The van der Waals surface area contributed by atoms with Crippen LogP contribution in [-0.4, -0.2) is 42.0 Å². The Kier molecular flexibility index (Phi) is 6.40. The second kappa shape index (κ2) is 8.73. The molecule has 2 heterocycles. The molecule has 4 atom stereocenters. The molecule has 0 radical (unpaired) electrons. The number of nitrogens with one attached hydrogen (secondary N) is 1. The molecule has 0 aliphatic carbocycles. The summed E-state index contributed by atoms with van der Waals surface area (Å²) in [7, 11) is 1.10. The number of nitrogens with zero attached hydrogens (tertiary/aromatic N) is 1. The molecule has 1 aromatic carbocycles. The average molecular weight is 455 g/mol. The number of rotatable bonds is 6. The predicted octanol–water partition coefficient (Wildman–Crippen LogP) is 3.25. The van der Waals surface area contributed by atoms with Crippen LogP contribution in [0.1, 0.15) is 35.8 Å². The van der Waals surface area contributed by atoms with Crippen LogP contribution in [0.15, 0.2) is 30.5 Å². The maximum absolute atomic E-state index is 14.3. The van der Waals surface area contributed by atoms with Crippen LogP contribution in [0.4, 0.5) is 23.2 Å². The van der Waals surface area contributed by atoms with E-state index in [1.54, 1.807) is 0 Å². The van der Waals surface area contributed by atoms with E-state index in [4.69, 9.17) is 15.2 Å². The first-order valence-electron chi connectivity index (χ1n) is 9.55. The number of hydrogen-bond donors (Lipinski definition) is 2. The smallest absolute Gasteiger partial charge is 0.267 e. The molecule has 1 saturated heterocycles. The van der Waals surface area contributed by atoms with Crippen LogP contribution in [0.2, 0.25) is 0 Å². The van der Waals surface area contributed by atoms with Gasteiger partial charge in [0.2, 0.25) is 5.82 Å². The number of anilines is 1. The van der Waals surface area contributed by atoms with E-state index in [1.165, 1.54) is 31.3 Å². The number of nitrogens with two attached hydrogens (primary N) is 1. The van der Waals surface area contributed by atoms with Gasteiger partial charge < -0.3 is 20.5 Å². The first-order valence-corrected chi connectivity index (χ1v) is 9.55. The van der Waals surface area contributed by atoms with Crippen molar-refractivity contribution >= 4 is 17.5 Å². The van der Waals surface area contributed by atoms with Crippen molar-refractivity contribution < 1.29 is 36.6 Å². The largest absolute Gasteiger partial charge is 0.493 e. The third-order valence-corrected chi connectivity index (χ3v) is 5.77. The summed E-state index contributed by atoms with van der Waals surface area (Å²) in [5, 5.41) is 2.47. The molecule has 32 heavy (non-hydrogen) atoms. The molecule has 0 saturated carbocycles. The van der Waals surface area contributed by atoms with Crippen LogP contribution in [0.3, 0.4) is 0 Å². The topological polar surface area (TPSA) is 104 Å². The summed E-state index contributed by atoms with van der Waals surface area (Å²) in [5.74, 6) is -6.75. The van der Waals surface area contributed by atoms with Crippen LogP contribution in [0.25, 0.3) is 0 Å². The first kappa shape index (κ1) is 23.5. The van der Waals surface area contributed by atoms with E-state index in [9.17, 15) is 27.2 Å². The molecule has 3 N–H and O–H groups in total. The fourth-order valence-corrected chi connectivity index (χ4v) is 3.85. The lowest BCUT2D eigenvalue weighted by molar-refractivity contribution is -0.151. The monoisotopic (exact) mass is 455 g/mol. The lowest BCUT2D eigenvalue weighted by atomic mass is 9.77. The number of pyridine rings is 1. The number of alkyl halides is 2. The molecule has 0 unspecified atom stereocenters. The summed E-state index contributed by atoms with van der Waals surface area (Å²) in [6.45, 7) is 2.58. The number of ether oxygens (including phenoxy) is 2. The van der Waals surface area contributed by atoms with Gasteiger partial charge in [-0.15, -0.1) is 0 Å². The average Bonchev–Trinajstić information content (AvgIpc) is 3.02. The van der Waals surface area contributed by atoms with E-state index in [2.05, 4.69) is 10.3 Å². The Hall–Kier alpha value is -3.21. The number of amides is 2. The van der Waals surface area contributed by atoms with Crippen LogP contribution >= 0.6 is 0 Å². The van der Waals surface area contributed by atoms with Gasteiger partial charge >= 0.3 is 0 Å². The summed E-state index contributed by atoms with van der Waals surface area (Å²) in [6, 6.07) is 4.58. The van der Waals surface area contributed by atoms with E-state index < -0.39 is 59.2 Å². The number of aromatic nitrogens is 1. The Morgan fingerprint density at radius 1 is 1.28 bits per heavy atom. The van der Waals surface area contributed by atoms with Crippen molar-refractivity contribution in [3.05, 3.63) is 53.4 Å². The number of carbonyl (C=O) groups excluding carboxylic acids is 2. The zero-order valence-corrected chi connectivity index (χ0v) is 17.4. The summed E-state index contributed by atoms with van der Waals surface area (Å²) in [6.07, 6.45) is -3.25. The van der Waals surface area contributed by atoms with Crippen molar-refractivity contribution in [2.45, 2.75) is 37.9 Å². The molecule has 7 nitrogen and oxygen atoms in total. The Balaban J connectivity index is 2.04. The maximum atomic E-state index is 14.3. The molecule has 1 aromatic heterocycles. The number of carbonyl (C=O) groups is 2. The van der Waals surface area contributed by atoms with Crippen molar-refractivity contribution in [2.24, 2.45) is 11.7 Å². The third kappa shape index (κ3) is 3.99.